The minimum atomic E-state index is 0.284. The first-order chi connectivity index (χ1) is 9.24. The van der Waals surface area contributed by atoms with Crippen LogP contribution in [0.5, 0.6) is 5.75 Å². The molecule has 4 heteroatoms. The Hall–Kier alpha value is -1.84. The number of aliphatic imine (C=N–C) groups is 1. The van der Waals surface area contributed by atoms with Crippen molar-refractivity contribution in [3.8, 4) is 5.75 Å². The highest BCUT2D eigenvalue weighted by Gasteiger charge is 2.08. The highest BCUT2D eigenvalue weighted by Crippen LogP contribution is 2.35. The zero-order valence-corrected chi connectivity index (χ0v) is 11.4. The first kappa shape index (κ1) is 12.2. The lowest BCUT2D eigenvalue weighted by Gasteiger charge is -1.94. The van der Waals surface area contributed by atoms with Crippen LogP contribution in [0.4, 0.5) is 5.69 Å². The molecular formula is C15H10ClNOS. The molecule has 0 fully saturated rings. The molecule has 1 heterocycles. The van der Waals surface area contributed by atoms with Crippen LogP contribution in [0.15, 0.2) is 53.5 Å². The first-order valence-electron chi connectivity index (χ1n) is 5.74. The summed E-state index contributed by atoms with van der Waals surface area (Å²) < 4.78 is 1.05. The van der Waals surface area contributed by atoms with Gasteiger partial charge in [-0.3, -0.25) is 4.99 Å². The van der Waals surface area contributed by atoms with E-state index in [0.29, 0.717) is 5.02 Å². The number of rotatable bonds is 2. The summed E-state index contributed by atoms with van der Waals surface area (Å²) in [6.07, 6.45) is 1.67. The van der Waals surface area contributed by atoms with Gasteiger partial charge in [0, 0.05) is 21.3 Å². The van der Waals surface area contributed by atoms with Crippen LogP contribution in [0.1, 0.15) is 4.88 Å². The SMILES string of the molecule is Oc1c(C=Nc2cccc(Cl)c2)sc2ccccc12. The molecule has 1 N–H and O–H groups in total. The Morgan fingerprint density at radius 3 is 2.74 bits per heavy atom. The number of benzene rings is 2. The van der Waals surface area contributed by atoms with E-state index in [9.17, 15) is 5.11 Å². The molecule has 0 saturated heterocycles. The van der Waals surface area contributed by atoms with Crippen LogP contribution < -0.4 is 0 Å². The van der Waals surface area contributed by atoms with Gasteiger partial charge >= 0.3 is 0 Å². The average molecular weight is 288 g/mol. The van der Waals surface area contributed by atoms with E-state index in [0.717, 1.165) is 20.7 Å². The Labute approximate surface area is 119 Å². The molecule has 0 aliphatic rings. The Balaban J connectivity index is 1.99. The molecule has 0 aliphatic carbocycles. The van der Waals surface area contributed by atoms with Gasteiger partial charge in [0.05, 0.1) is 10.6 Å². The number of fused-ring (bicyclic) bond motifs is 1. The van der Waals surface area contributed by atoms with Crippen molar-refractivity contribution >= 4 is 44.9 Å². The van der Waals surface area contributed by atoms with Crippen molar-refractivity contribution in [1.29, 1.82) is 0 Å². The maximum Gasteiger partial charge on any atom is 0.142 e. The molecule has 0 saturated carbocycles. The normalized spacial score (nSPS) is 11.4. The summed E-state index contributed by atoms with van der Waals surface area (Å²) in [6.45, 7) is 0. The minimum Gasteiger partial charge on any atom is -0.506 e. The van der Waals surface area contributed by atoms with Crippen molar-refractivity contribution in [3.63, 3.8) is 0 Å². The first-order valence-corrected chi connectivity index (χ1v) is 6.93. The second kappa shape index (κ2) is 5.03. The molecule has 0 aliphatic heterocycles. The third-order valence-electron chi connectivity index (χ3n) is 2.73. The van der Waals surface area contributed by atoms with Gasteiger partial charge in [0.2, 0.25) is 0 Å². The standard InChI is InChI=1S/C15H10ClNOS/c16-10-4-3-5-11(8-10)17-9-14-15(18)12-6-1-2-7-13(12)19-14/h1-9,18H. The number of halogens is 1. The van der Waals surface area contributed by atoms with E-state index in [2.05, 4.69) is 4.99 Å². The molecule has 0 radical (unpaired) electrons. The Morgan fingerprint density at radius 1 is 1.11 bits per heavy atom. The van der Waals surface area contributed by atoms with Gasteiger partial charge in [-0.05, 0) is 30.3 Å². The van der Waals surface area contributed by atoms with Gasteiger partial charge in [0.1, 0.15) is 5.75 Å². The van der Waals surface area contributed by atoms with E-state index >= 15 is 0 Å². The molecule has 0 unspecified atom stereocenters. The molecule has 3 rings (SSSR count). The van der Waals surface area contributed by atoms with Crippen molar-refractivity contribution in [2.75, 3.05) is 0 Å². The molecule has 0 amide bonds. The smallest absolute Gasteiger partial charge is 0.142 e. The second-order valence-electron chi connectivity index (χ2n) is 4.05. The number of thiophene rings is 1. The van der Waals surface area contributed by atoms with Crippen molar-refractivity contribution in [2.45, 2.75) is 0 Å². The fourth-order valence-electron chi connectivity index (χ4n) is 1.83. The van der Waals surface area contributed by atoms with Gasteiger partial charge in [-0.1, -0.05) is 29.8 Å². The summed E-state index contributed by atoms with van der Waals surface area (Å²) in [5.41, 5.74) is 0.768. The molecule has 1 aromatic heterocycles. The van der Waals surface area contributed by atoms with Crippen LogP contribution >= 0.6 is 22.9 Å². The summed E-state index contributed by atoms with van der Waals surface area (Å²) in [4.78, 5) is 5.09. The van der Waals surface area contributed by atoms with Crippen LogP contribution in [0.25, 0.3) is 10.1 Å². The zero-order valence-electron chi connectivity index (χ0n) is 9.88. The summed E-state index contributed by atoms with van der Waals surface area (Å²) in [6, 6.07) is 15.0. The van der Waals surface area contributed by atoms with Gasteiger partial charge in [0.25, 0.3) is 0 Å². The average Bonchev–Trinajstić information content (AvgIpc) is 2.74. The van der Waals surface area contributed by atoms with Crippen molar-refractivity contribution < 1.29 is 5.11 Å². The molecule has 0 atom stereocenters. The molecule has 94 valence electrons. The number of hydrogen-bond acceptors (Lipinski definition) is 3. The monoisotopic (exact) mass is 287 g/mol. The second-order valence-corrected chi connectivity index (χ2v) is 5.57. The fraction of sp³-hybridized carbons (Fsp3) is 0. The molecule has 2 nitrogen and oxygen atoms in total. The van der Waals surface area contributed by atoms with Gasteiger partial charge in [-0.25, -0.2) is 0 Å². The van der Waals surface area contributed by atoms with Gasteiger partial charge in [-0.2, -0.15) is 0 Å². The molecule has 19 heavy (non-hydrogen) atoms. The molecule has 2 aromatic carbocycles. The summed E-state index contributed by atoms with van der Waals surface area (Å²) in [5.74, 6) is 0.284. The van der Waals surface area contributed by atoms with E-state index in [1.54, 1.807) is 18.3 Å². The summed E-state index contributed by atoms with van der Waals surface area (Å²) in [5, 5.41) is 11.6. The van der Waals surface area contributed by atoms with Crippen molar-refractivity contribution in [1.82, 2.24) is 0 Å². The topological polar surface area (TPSA) is 32.6 Å². The van der Waals surface area contributed by atoms with E-state index in [4.69, 9.17) is 11.6 Å². The van der Waals surface area contributed by atoms with E-state index in [1.807, 2.05) is 36.4 Å². The quantitative estimate of drug-likeness (QED) is 0.660. The molecule has 0 bridgehead atoms. The van der Waals surface area contributed by atoms with Gasteiger partial charge in [0.15, 0.2) is 0 Å². The highest BCUT2D eigenvalue weighted by atomic mass is 35.5. The largest absolute Gasteiger partial charge is 0.506 e. The molecular weight excluding hydrogens is 278 g/mol. The third kappa shape index (κ3) is 2.48. The zero-order chi connectivity index (χ0) is 13.2. The predicted octanol–water partition coefficient (Wildman–Crippen LogP) is 5.01. The number of hydrogen-bond donors (Lipinski definition) is 1. The highest BCUT2D eigenvalue weighted by molar-refractivity contribution is 7.21. The number of aromatic hydroxyl groups is 1. The fourth-order valence-corrected chi connectivity index (χ4v) is 2.98. The Kier molecular flexibility index (Phi) is 3.23. The summed E-state index contributed by atoms with van der Waals surface area (Å²) >= 11 is 7.42. The van der Waals surface area contributed by atoms with Crippen molar-refractivity contribution in [3.05, 3.63) is 58.4 Å². The van der Waals surface area contributed by atoms with Crippen molar-refractivity contribution in [2.24, 2.45) is 4.99 Å². The lowest BCUT2D eigenvalue weighted by molar-refractivity contribution is 0.483. The lowest BCUT2D eigenvalue weighted by atomic mass is 10.2. The van der Waals surface area contributed by atoms with Crippen LogP contribution in [-0.2, 0) is 0 Å². The maximum absolute atomic E-state index is 10.1. The number of nitrogens with zero attached hydrogens (tertiary/aromatic N) is 1. The van der Waals surface area contributed by atoms with Gasteiger partial charge in [-0.15, -0.1) is 11.3 Å². The van der Waals surface area contributed by atoms with Gasteiger partial charge < -0.3 is 5.11 Å². The molecule has 3 aromatic rings. The molecule has 0 spiro atoms. The maximum atomic E-state index is 10.1. The van der Waals surface area contributed by atoms with E-state index in [1.165, 1.54) is 11.3 Å². The minimum absolute atomic E-state index is 0.284. The van der Waals surface area contributed by atoms with Crippen LogP contribution in [0.3, 0.4) is 0 Å². The third-order valence-corrected chi connectivity index (χ3v) is 4.06. The van der Waals surface area contributed by atoms with Crippen LogP contribution in [-0.4, -0.2) is 11.3 Å². The van der Waals surface area contributed by atoms with E-state index in [-0.39, 0.29) is 5.75 Å². The predicted molar refractivity (Wildman–Crippen MR) is 82.2 cm³/mol. The summed E-state index contributed by atoms with van der Waals surface area (Å²) in [7, 11) is 0. The van der Waals surface area contributed by atoms with Crippen LogP contribution in [0.2, 0.25) is 5.02 Å². The van der Waals surface area contributed by atoms with E-state index < -0.39 is 0 Å². The Morgan fingerprint density at radius 2 is 1.95 bits per heavy atom. The lowest BCUT2D eigenvalue weighted by Crippen LogP contribution is -1.74. The Bertz CT molecular complexity index is 764. The van der Waals surface area contributed by atoms with Crippen LogP contribution in [0, 0.1) is 0 Å².